The Morgan fingerprint density at radius 3 is 2.62 bits per heavy atom. The van der Waals surface area contributed by atoms with Gasteiger partial charge in [0.25, 0.3) is 5.91 Å². The Hall–Kier alpha value is -4.26. The summed E-state index contributed by atoms with van der Waals surface area (Å²) in [6.45, 7) is 8.42. The molecular formula is C27H26N6O. The molecular weight excluding hydrogens is 424 g/mol. The molecule has 1 amide bonds. The molecule has 0 spiro atoms. The number of nitrogen functional groups attached to an aromatic ring is 1. The minimum atomic E-state index is -0.173. The van der Waals surface area contributed by atoms with Crippen molar-refractivity contribution >= 4 is 34.1 Å². The number of hydrogen-bond acceptors (Lipinski definition) is 5. The fourth-order valence-corrected chi connectivity index (χ4v) is 3.92. The molecule has 0 saturated carbocycles. The summed E-state index contributed by atoms with van der Waals surface area (Å²) in [7, 11) is 0. The van der Waals surface area contributed by atoms with Gasteiger partial charge in [0.15, 0.2) is 0 Å². The van der Waals surface area contributed by atoms with Crippen molar-refractivity contribution in [1.29, 1.82) is 0 Å². The van der Waals surface area contributed by atoms with Crippen molar-refractivity contribution in [2.45, 2.75) is 33.1 Å². The predicted molar refractivity (Wildman–Crippen MR) is 136 cm³/mol. The van der Waals surface area contributed by atoms with Crippen LogP contribution in [-0.4, -0.2) is 25.3 Å². The average Bonchev–Trinajstić information content (AvgIpc) is 3.23. The molecule has 5 aromatic rings. The van der Waals surface area contributed by atoms with Crippen molar-refractivity contribution in [3.63, 3.8) is 0 Å². The molecule has 0 atom stereocenters. The lowest BCUT2D eigenvalue weighted by atomic mass is 9.93. The number of pyridine rings is 1. The van der Waals surface area contributed by atoms with Crippen LogP contribution in [0.15, 0.2) is 67.1 Å². The lowest BCUT2D eigenvalue weighted by Gasteiger charge is -2.13. The van der Waals surface area contributed by atoms with Crippen LogP contribution in [0.25, 0.3) is 27.7 Å². The molecule has 3 heterocycles. The van der Waals surface area contributed by atoms with Crippen molar-refractivity contribution in [3.05, 3.63) is 83.9 Å². The molecule has 0 aliphatic rings. The van der Waals surface area contributed by atoms with E-state index in [0.717, 1.165) is 38.9 Å². The van der Waals surface area contributed by atoms with Crippen LogP contribution < -0.4 is 11.1 Å². The average molecular weight is 451 g/mol. The number of fused-ring (bicyclic) bond motifs is 2. The van der Waals surface area contributed by atoms with Crippen LogP contribution in [0.2, 0.25) is 0 Å². The summed E-state index contributed by atoms with van der Waals surface area (Å²) in [5.74, 6) is 0.0762. The maximum absolute atomic E-state index is 13.1. The SMILES string of the molecule is Cc1ccc(C(=O)Nc2ccc3nc(C(C)(C)C)cn3c2)cc1-c1ccc2nc(N)ncc2c1. The van der Waals surface area contributed by atoms with Crippen LogP contribution in [0.3, 0.4) is 0 Å². The van der Waals surface area contributed by atoms with E-state index in [1.54, 1.807) is 6.20 Å². The third-order valence-electron chi connectivity index (χ3n) is 5.89. The van der Waals surface area contributed by atoms with Crippen LogP contribution >= 0.6 is 0 Å². The summed E-state index contributed by atoms with van der Waals surface area (Å²) >= 11 is 0. The van der Waals surface area contributed by atoms with Crippen molar-refractivity contribution < 1.29 is 4.79 Å². The van der Waals surface area contributed by atoms with E-state index in [4.69, 9.17) is 5.73 Å². The highest BCUT2D eigenvalue weighted by molar-refractivity contribution is 6.05. The van der Waals surface area contributed by atoms with Gasteiger partial charge in [0.05, 0.1) is 16.9 Å². The molecule has 7 heteroatoms. The van der Waals surface area contributed by atoms with Crippen LogP contribution in [0.4, 0.5) is 11.6 Å². The minimum absolute atomic E-state index is 0.0464. The quantitative estimate of drug-likeness (QED) is 0.384. The maximum Gasteiger partial charge on any atom is 0.255 e. The summed E-state index contributed by atoms with van der Waals surface area (Å²) in [4.78, 5) is 26.1. The molecule has 5 rings (SSSR count). The second kappa shape index (κ2) is 7.95. The standard InChI is InChI=1S/C27H26N6O/c1-16-5-6-18(12-21(16)17-7-9-22-19(11-17)13-29-26(28)31-22)25(34)30-20-8-10-24-32-23(27(2,3)4)15-33(24)14-20/h5-15H,1-4H3,(H,30,34)(H2,28,29,31). The monoisotopic (exact) mass is 450 g/mol. The van der Waals surface area contributed by atoms with Crippen molar-refractivity contribution in [2.75, 3.05) is 11.1 Å². The molecule has 0 radical (unpaired) electrons. The molecule has 7 nitrogen and oxygen atoms in total. The largest absolute Gasteiger partial charge is 0.368 e. The van der Waals surface area contributed by atoms with Crippen LogP contribution in [0.1, 0.15) is 42.4 Å². The summed E-state index contributed by atoms with van der Waals surface area (Å²) in [6, 6.07) is 15.4. The number of rotatable bonds is 3. The molecule has 170 valence electrons. The first kappa shape index (κ1) is 21.6. The fraction of sp³-hybridized carbons (Fsp3) is 0.185. The van der Waals surface area contributed by atoms with Crippen LogP contribution in [0.5, 0.6) is 0 Å². The Kier molecular flexibility index (Phi) is 5.05. The summed E-state index contributed by atoms with van der Waals surface area (Å²) < 4.78 is 1.95. The van der Waals surface area contributed by atoms with Gasteiger partial charge in [0.1, 0.15) is 5.65 Å². The third-order valence-corrected chi connectivity index (χ3v) is 5.89. The molecule has 0 bridgehead atoms. The Labute approximate surface area is 197 Å². The number of amides is 1. The van der Waals surface area contributed by atoms with Crippen molar-refractivity contribution in [2.24, 2.45) is 0 Å². The molecule has 0 saturated heterocycles. The first-order valence-corrected chi connectivity index (χ1v) is 11.1. The number of hydrogen-bond donors (Lipinski definition) is 2. The maximum atomic E-state index is 13.1. The van der Waals surface area contributed by atoms with E-state index < -0.39 is 0 Å². The van der Waals surface area contributed by atoms with Crippen molar-refractivity contribution in [1.82, 2.24) is 19.4 Å². The first-order chi connectivity index (χ1) is 16.2. The van der Waals surface area contributed by atoms with E-state index in [-0.39, 0.29) is 17.3 Å². The molecule has 0 aliphatic carbocycles. The zero-order chi connectivity index (χ0) is 24.0. The molecule has 0 unspecified atom stereocenters. The lowest BCUT2D eigenvalue weighted by Crippen LogP contribution is -2.12. The number of anilines is 2. The van der Waals surface area contributed by atoms with Gasteiger partial charge in [-0.05, 0) is 60.0 Å². The predicted octanol–water partition coefficient (Wildman–Crippen LogP) is 5.38. The van der Waals surface area contributed by atoms with Gasteiger partial charge in [-0.3, -0.25) is 4.79 Å². The first-order valence-electron chi connectivity index (χ1n) is 11.1. The van der Waals surface area contributed by atoms with E-state index in [1.165, 1.54) is 0 Å². The second-order valence-electron chi connectivity index (χ2n) is 9.55. The van der Waals surface area contributed by atoms with Crippen LogP contribution in [-0.2, 0) is 5.41 Å². The zero-order valence-corrected chi connectivity index (χ0v) is 19.6. The fourth-order valence-electron chi connectivity index (χ4n) is 3.92. The molecule has 0 fully saturated rings. The smallest absolute Gasteiger partial charge is 0.255 e. The van der Waals surface area contributed by atoms with Gasteiger partial charge < -0.3 is 15.5 Å². The summed E-state index contributed by atoms with van der Waals surface area (Å²) in [6.07, 6.45) is 5.61. The number of nitrogens with two attached hydrogens (primary N) is 1. The van der Waals surface area contributed by atoms with Crippen LogP contribution in [0, 0.1) is 6.92 Å². The highest BCUT2D eigenvalue weighted by Crippen LogP contribution is 2.28. The van der Waals surface area contributed by atoms with E-state index in [1.807, 2.05) is 72.2 Å². The van der Waals surface area contributed by atoms with Gasteiger partial charge in [0, 0.05) is 35.0 Å². The number of aromatic nitrogens is 4. The van der Waals surface area contributed by atoms with Gasteiger partial charge >= 0.3 is 0 Å². The molecule has 3 N–H and O–H groups in total. The topological polar surface area (TPSA) is 98.2 Å². The Bertz CT molecular complexity index is 1560. The van der Waals surface area contributed by atoms with Crippen molar-refractivity contribution in [3.8, 4) is 11.1 Å². The Balaban J connectivity index is 1.44. The number of benzene rings is 2. The minimum Gasteiger partial charge on any atom is -0.368 e. The van der Waals surface area contributed by atoms with E-state index >= 15 is 0 Å². The molecule has 34 heavy (non-hydrogen) atoms. The highest BCUT2D eigenvalue weighted by atomic mass is 16.1. The normalized spacial score (nSPS) is 11.8. The third kappa shape index (κ3) is 4.08. The number of aryl methyl sites for hydroxylation is 1. The van der Waals surface area contributed by atoms with E-state index in [9.17, 15) is 4.79 Å². The van der Waals surface area contributed by atoms with Gasteiger partial charge in [-0.25, -0.2) is 15.0 Å². The second-order valence-corrected chi connectivity index (χ2v) is 9.55. The number of imidazole rings is 1. The number of carbonyl (C=O) groups excluding carboxylic acids is 1. The summed E-state index contributed by atoms with van der Waals surface area (Å²) in [5, 5.41) is 3.90. The highest BCUT2D eigenvalue weighted by Gasteiger charge is 2.18. The van der Waals surface area contributed by atoms with E-state index in [2.05, 4.69) is 41.0 Å². The lowest BCUT2D eigenvalue weighted by molar-refractivity contribution is 0.102. The number of carbonyl (C=O) groups is 1. The van der Waals surface area contributed by atoms with Gasteiger partial charge in [-0.15, -0.1) is 0 Å². The van der Waals surface area contributed by atoms with Gasteiger partial charge in [-0.2, -0.15) is 0 Å². The van der Waals surface area contributed by atoms with Gasteiger partial charge in [-0.1, -0.05) is 32.9 Å². The Morgan fingerprint density at radius 1 is 1.00 bits per heavy atom. The molecule has 2 aromatic carbocycles. The summed E-state index contributed by atoms with van der Waals surface area (Å²) in [5.41, 5.74) is 12.6. The molecule has 3 aromatic heterocycles. The Morgan fingerprint density at radius 2 is 1.82 bits per heavy atom. The number of nitrogens with zero attached hydrogens (tertiary/aromatic N) is 4. The van der Waals surface area contributed by atoms with Gasteiger partial charge in [0.2, 0.25) is 5.95 Å². The molecule has 0 aliphatic heterocycles. The number of nitrogens with one attached hydrogen (secondary N) is 1. The van der Waals surface area contributed by atoms with E-state index in [0.29, 0.717) is 11.3 Å². The zero-order valence-electron chi connectivity index (χ0n) is 19.6.